The molecule has 0 bridgehead atoms. The summed E-state index contributed by atoms with van der Waals surface area (Å²) in [5.41, 5.74) is 14.5. The van der Waals surface area contributed by atoms with Gasteiger partial charge in [-0.15, -0.1) is 0 Å². The van der Waals surface area contributed by atoms with Gasteiger partial charge in [0.25, 0.3) is 0 Å². The number of rotatable bonds is 2. The lowest BCUT2D eigenvalue weighted by molar-refractivity contribution is 0.669. The van der Waals surface area contributed by atoms with Gasteiger partial charge >= 0.3 is 0 Å². The van der Waals surface area contributed by atoms with Gasteiger partial charge in [-0.05, 0) is 89.3 Å². The predicted molar refractivity (Wildman–Crippen MR) is 191 cm³/mol. The first-order chi connectivity index (χ1) is 22.8. The molecule has 0 amide bonds. The second kappa shape index (κ2) is 8.77. The Morgan fingerprint density at radius 3 is 1.74 bits per heavy atom. The molecule has 3 heterocycles. The number of furan rings is 1. The highest BCUT2D eigenvalue weighted by molar-refractivity contribution is 6.19. The number of nitrogens with zero attached hydrogens (tertiary/aromatic N) is 2. The van der Waals surface area contributed by atoms with Crippen LogP contribution in [-0.2, 0) is 6.42 Å². The van der Waals surface area contributed by atoms with Crippen LogP contribution in [0.25, 0.3) is 88.1 Å². The summed E-state index contributed by atoms with van der Waals surface area (Å²) < 4.78 is 11.1. The highest BCUT2D eigenvalue weighted by Crippen LogP contribution is 2.42. The van der Waals surface area contributed by atoms with Crippen LogP contribution in [0.1, 0.15) is 11.1 Å². The molecule has 1 aliphatic rings. The number of fused-ring (bicyclic) bond motifs is 12. The first-order valence-corrected chi connectivity index (χ1v) is 15.9. The van der Waals surface area contributed by atoms with Crippen molar-refractivity contribution in [2.75, 3.05) is 0 Å². The average molecular weight is 587 g/mol. The fraction of sp³-hybridized carbons (Fsp3) is 0.0233. The zero-order valence-corrected chi connectivity index (χ0v) is 24.9. The molecule has 0 saturated carbocycles. The summed E-state index contributed by atoms with van der Waals surface area (Å²) in [4.78, 5) is 0. The topological polar surface area (TPSA) is 23.0 Å². The highest BCUT2D eigenvalue weighted by atomic mass is 16.3. The first-order valence-electron chi connectivity index (χ1n) is 15.9. The van der Waals surface area contributed by atoms with Crippen molar-refractivity contribution in [1.29, 1.82) is 0 Å². The molecule has 10 aromatic rings. The molecule has 0 radical (unpaired) electrons. The molecule has 0 aliphatic heterocycles. The number of aromatic nitrogens is 2. The van der Waals surface area contributed by atoms with Gasteiger partial charge in [0, 0.05) is 43.7 Å². The molecule has 0 saturated heterocycles. The molecule has 0 N–H and O–H groups in total. The van der Waals surface area contributed by atoms with E-state index < -0.39 is 0 Å². The summed E-state index contributed by atoms with van der Waals surface area (Å²) in [6, 6.07) is 53.2. The van der Waals surface area contributed by atoms with Crippen LogP contribution < -0.4 is 0 Å². The van der Waals surface area contributed by atoms with Crippen LogP contribution in [0.5, 0.6) is 0 Å². The Bertz CT molecular complexity index is 2900. The van der Waals surface area contributed by atoms with Crippen LogP contribution in [0.3, 0.4) is 0 Å². The first kappa shape index (κ1) is 24.3. The second-order valence-electron chi connectivity index (χ2n) is 12.5. The maximum atomic E-state index is 6.20. The number of hydrogen-bond donors (Lipinski definition) is 0. The maximum Gasteiger partial charge on any atom is 0.135 e. The quantitative estimate of drug-likeness (QED) is 0.198. The Kier molecular flexibility index (Phi) is 4.63. The van der Waals surface area contributed by atoms with Crippen molar-refractivity contribution < 1.29 is 4.42 Å². The van der Waals surface area contributed by atoms with Gasteiger partial charge in [0.05, 0.1) is 22.1 Å². The summed E-state index contributed by atoms with van der Waals surface area (Å²) in [5.74, 6) is 0. The maximum absolute atomic E-state index is 6.20. The van der Waals surface area contributed by atoms with Crippen molar-refractivity contribution >= 4 is 65.6 Å². The summed E-state index contributed by atoms with van der Waals surface area (Å²) >= 11 is 0. The lowest BCUT2D eigenvalue weighted by Gasteiger charge is -2.12. The molecule has 1 aliphatic carbocycles. The third-order valence-electron chi connectivity index (χ3n) is 10.1. The van der Waals surface area contributed by atoms with E-state index in [0.717, 1.165) is 34.0 Å². The summed E-state index contributed by atoms with van der Waals surface area (Å²) in [7, 11) is 0. The smallest absolute Gasteiger partial charge is 0.135 e. The molecule has 3 nitrogen and oxygen atoms in total. The molecule has 214 valence electrons. The third kappa shape index (κ3) is 3.16. The van der Waals surface area contributed by atoms with Crippen molar-refractivity contribution in [2.45, 2.75) is 6.42 Å². The van der Waals surface area contributed by atoms with Crippen molar-refractivity contribution in [3.63, 3.8) is 0 Å². The van der Waals surface area contributed by atoms with E-state index in [1.165, 1.54) is 71.6 Å². The molecule has 0 fully saturated rings. The van der Waals surface area contributed by atoms with Crippen LogP contribution in [0, 0.1) is 0 Å². The number of hydrogen-bond acceptors (Lipinski definition) is 1. The van der Waals surface area contributed by atoms with Gasteiger partial charge in [0.1, 0.15) is 11.2 Å². The Balaban J connectivity index is 1.23. The molecule has 7 aromatic carbocycles. The monoisotopic (exact) mass is 586 g/mol. The molecule has 0 atom stereocenters. The van der Waals surface area contributed by atoms with Crippen molar-refractivity contribution in [3.8, 4) is 22.5 Å². The van der Waals surface area contributed by atoms with Crippen molar-refractivity contribution in [1.82, 2.24) is 9.13 Å². The number of para-hydroxylation sites is 3. The van der Waals surface area contributed by atoms with E-state index in [2.05, 4.69) is 143 Å². The molecule has 3 heteroatoms. The predicted octanol–water partition coefficient (Wildman–Crippen LogP) is 11.4. The summed E-state index contributed by atoms with van der Waals surface area (Å²) in [6.07, 6.45) is 0.996. The van der Waals surface area contributed by atoms with Crippen LogP contribution in [0.4, 0.5) is 0 Å². The Morgan fingerprint density at radius 2 is 0.957 bits per heavy atom. The van der Waals surface area contributed by atoms with E-state index in [-0.39, 0.29) is 0 Å². The molecular weight excluding hydrogens is 560 g/mol. The molecule has 11 rings (SSSR count). The number of benzene rings is 7. The van der Waals surface area contributed by atoms with E-state index in [1.54, 1.807) is 0 Å². The Labute approximate surface area is 264 Å². The molecule has 0 unspecified atom stereocenters. The lowest BCUT2D eigenvalue weighted by atomic mass is 10.1. The molecule has 0 spiro atoms. The van der Waals surface area contributed by atoms with Crippen LogP contribution in [0.15, 0.2) is 150 Å². The Hall–Kier alpha value is -6.06. The van der Waals surface area contributed by atoms with E-state index in [4.69, 9.17) is 4.42 Å². The van der Waals surface area contributed by atoms with Gasteiger partial charge in [-0.2, -0.15) is 0 Å². The lowest BCUT2D eigenvalue weighted by Crippen LogP contribution is -1.96. The van der Waals surface area contributed by atoms with Crippen LogP contribution in [0.2, 0.25) is 0 Å². The fourth-order valence-corrected chi connectivity index (χ4v) is 8.09. The summed E-state index contributed by atoms with van der Waals surface area (Å²) in [6.45, 7) is 0. The molecule has 3 aromatic heterocycles. The van der Waals surface area contributed by atoms with Gasteiger partial charge in [-0.1, -0.05) is 84.9 Å². The van der Waals surface area contributed by atoms with Crippen LogP contribution >= 0.6 is 0 Å². The van der Waals surface area contributed by atoms with E-state index in [0.29, 0.717) is 0 Å². The minimum Gasteiger partial charge on any atom is -0.456 e. The van der Waals surface area contributed by atoms with E-state index in [9.17, 15) is 0 Å². The molecule has 46 heavy (non-hydrogen) atoms. The van der Waals surface area contributed by atoms with Gasteiger partial charge in [0.2, 0.25) is 0 Å². The van der Waals surface area contributed by atoms with E-state index in [1.807, 2.05) is 12.1 Å². The van der Waals surface area contributed by atoms with Crippen LogP contribution in [-0.4, -0.2) is 9.13 Å². The largest absolute Gasteiger partial charge is 0.456 e. The minimum atomic E-state index is 0.909. The summed E-state index contributed by atoms with van der Waals surface area (Å²) in [5, 5.41) is 7.31. The van der Waals surface area contributed by atoms with Crippen molar-refractivity contribution in [3.05, 3.63) is 157 Å². The van der Waals surface area contributed by atoms with Gasteiger partial charge in [-0.3, -0.25) is 0 Å². The van der Waals surface area contributed by atoms with Gasteiger partial charge < -0.3 is 13.6 Å². The third-order valence-corrected chi connectivity index (χ3v) is 10.1. The normalized spacial score (nSPS) is 12.7. The van der Waals surface area contributed by atoms with Gasteiger partial charge in [-0.25, -0.2) is 0 Å². The standard InChI is InChI=1S/C43H26N2O/c1-2-10-30-26(9-1)21-27-17-18-28(22-34(27)30)44-38-14-6-3-11-31(38)35-24-36-32-12-4-7-15-39(32)45(41(36)25-40(35)44)29-19-20-43-37(23-29)33-13-5-8-16-42(33)46-43/h1-20,22-25H,21H2. The van der Waals surface area contributed by atoms with Crippen molar-refractivity contribution in [2.24, 2.45) is 0 Å². The fourth-order valence-electron chi connectivity index (χ4n) is 8.09. The molecular formula is C43H26N2O. The highest BCUT2D eigenvalue weighted by Gasteiger charge is 2.22. The second-order valence-corrected chi connectivity index (χ2v) is 12.5. The minimum absolute atomic E-state index is 0.909. The van der Waals surface area contributed by atoms with E-state index >= 15 is 0 Å². The Morgan fingerprint density at radius 1 is 0.370 bits per heavy atom. The van der Waals surface area contributed by atoms with Gasteiger partial charge in [0.15, 0.2) is 0 Å². The zero-order valence-electron chi connectivity index (χ0n) is 24.9. The SMILES string of the molecule is c1ccc2c(c1)Cc1ccc(-n3c4ccccc4c4cc5c6ccccc6n(-c6ccc7oc8ccccc8c7c6)c5cc43)cc1-2. The zero-order chi connectivity index (χ0) is 29.9. The average Bonchev–Trinajstić information content (AvgIpc) is 3.84.